The first kappa shape index (κ1) is 11.4. The molecule has 2 aromatic rings. The molecular weight excluding hydrogens is 242 g/mol. The summed E-state index contributed by atoms with van der Waals surface area (Å²) in [4.78, 5) is 27.8. The molecule has 3 amide bonds. The molecule has 94 valence electrons. The van der Waals surface area contributed by atoms with Crippen LogP contribution in [-0.2, 0) is 10.3 Å². The summed E-state index contributed by atoms with van der Waals surface area (Å²) in [6.45, 7) is 0. The van der Waals surface area contributed by atoms with Crippen molar-refractivity contribution in [3.8, 4) is 0 Å². The molecule has 0 aliphatic carbocycles. The van der Waals surface area contributed by atoms with E-state index in [1.54, 1.807) is 24.5 Å². The Morgan fingerprint density at radius 2 is 1.53 bits per heavy atom. The van der Waals surface area contributed by atoms with Gasteiger partial charge >= 0.3 is 6.03 Å². The number of amides is 3. The summed E-state index contributed by atoms with van der Waals surface area (Å²) < 4.78 is 0. The molecule has 1 aliphatic heterocycles. The molecule has 3 rings (SSSR count). The van der Waals surface area contributed by atoms with Crippen molar-refractivity contribution in [1.82, 2.24) is 15.6 Å². The molecule has 1 saturated heterocycles. The number of urea groups is 1. The summed E-state index contributed by atoms with van der Waals surface area (Å²) in [6.07, 6.45) is 3.19. The lowest BCUT2D eigenvalue weighted by molar-refractivity contribution is -0.122. The van der Waals surface area contributed by atoms with Gasteiger partial charge in [0.25, 0.3) is 5.91 Å². The molecular formula is C14H11N3O2. The maximum Gasteiger partial charge on any atom is 0.322 e. The van der Waals surface area contributed by atoms with Crippen LogP contribution in [0, 0.1) is 0 Å². The van der Waals surface area contributed by atoms with Crippen molar-refractivity contribution in [1.29, 1.82) is 0 Å². The summed E-state index contributed by atoms with van der Waals surface area (Å²) in [6, 6.07) is 12.1. The van der Waals surface area contributed by atoms with Gasteiger partial charge < -0.3 is 5.32 Å². The minimum absolute atomic E-state index is 0.380. The predicted octanol–water partition coefficient (Wildman–Crippen LogP) is 1.16. The highest BCUT2D eigenvalue weighted by Crippen LogP contribution is 2.32. The van der Waals surface area contributed by atoms with Crippen LogP contribution in [0.25, 0.3) is 0 Å². The van der Waals surface area contributed by atoms with Crippen LogP contribution in [0.4, 0.5) is 4.79 Å². The second kappa shape index (κ2) is 4.20. The third-order valence-corrected chi connectivity index (χ3v) is 3.19. The van der Waals surface area contributed by atoms with E-state index in [1.165, 1.54) is 0 Å². The standard InChI is InChI=1S/C14H11N3O2/c18-12-14(17-13(19)16-12,10-4-2-1-3-5-10)11-6-8-15-9-7-11/h1-9H,(H2,16,17,18,19). The first-order valence-electron chi connectivity index (χ1n) is 5.83. The topological polar surface area (TPSA) is 71.1 Å². The van der Waals surface area contributed by atoms with Crippen molar-refractivity contribution in [2.45, 2.75) is 5.54 Å². The average Bonchev–Trinajstić information content (AvgIpc) is 2.76. The molecule has 1 unspecified atom stereocenters. The van der Waals surface area contributed by atoms with Gasteiger partial charge in [-0.15, -0.1) is 0 Å². The van der Waals surface area contributed by atoms with Gasteiger partial charge in [0.2, 0.25) is 0 Å². The fourth-order valence-electron chi connectivity index (χ4n) is 2.32. The van der Waals surface area contributed by atoms with E-state index in [9.17, 15) is 9.59 Å². The highest BCUT2D eigenvalue weighted by molar-refractivity contribution is 6.09. The zero-order chi connectivity index (χ0) is 13.3. The molecule has 5 nitrogen and oxygen atoms in total. The van der Waals surface area contributed by atoms with Gasteiger partial charge in [0, 0.05) is 12.4 Å². The van der Waals surface area contributed by atoms with Crippen LogP contribution in [0.1, 0.15) is 11.1 Å². The molecule has 19 heavy (non-hydrogen) atoms. The van der Waals surface area contributed by atoms with E-state index in [-0.39, 0.29) is 5.91 Å². The maximum atomic E-state index is 12.3. The van der Waals surface area contributed by atoms with Crippen LogP contribution in [0.3, 0.4) is 0 Å². The number of nitrogens with one attached hydrogen (secondary N) is 2. The Morgan fingerprint density at radius 3 is 2.11 bits per heavy atom. The number of carbonyl (C=O) groups excluding carboxylic acids is 2. The van der Waals surface area contributed by atoms with E-state index in [0.29, 0.717) is 11.1 Å². The van der Waals surface area contributed by atoms with Gasteiger partial charge in [0.05, 0.1) is 0 Å². The number of aromatic nitrogens is 1. The number of pyridine rings is 1. The van der Waals surface area contributed by atoms with Crippen molar-refractivity contribution in [2.24, 2.45) is 0 Å². The molecule has 5 heteroatoms. The monoisotopic (exact) mass is 253 g/mol. The first-order chi connectivity index (χ1) is 9.23. The summed E-state index contributed by atoms with van der Waals surface area (Å²) in [5.74, 6) is -0.380. The molecule has 1 fully saturated rings. The van der Waals surface area contributed by atoms with Crippen LogP contribution in [0.2, 0.25) is 0 Å². The zero-order valence-corrected chi connectivity index (χ0v) is 9.96. The largest absolute Gasteiger partial charge is 0.322 e. The predicted molar refractivity (Wildman–Crippen MR) is 68.1 cm³/mol. The van der Waals surface area contributed by atoms with Crippen molar-refractivity contribution in [3.05, 3.63) is 66.0 Å². The molecule has 0 saturated carbocycles. The van der Waals surface area contributed by atoms with Gasteiger partial charge in [0.1, 0.15) is 0 Å². The zero-order valence-electron chi connectivity index (χ0n) is 9.96. The fraction of sp³-hybridized carbons (Fsp3) is 0.0714. The fourth-order valence-corrected chi connectivity index (χ4v) is 2.32. The molecule has 2 heterocycles. The van der Waals surface area contributed by atoms with Crippen LogP contribution in [-0.4, -0.2) is 16.9 Å². The van der Waals surface area contributed by atoms with E-state index in [4.69, 9.17) is 0 Å². The molecule has 1 aliphatic rings. The van der Waals surface area contributed by atoms with Crippen LogP contribution < -0.4 is 10.6 Å². The van der Waals surface area contributed by atoms with Gasteiger partial charge in [-0.2, -0.15) is 0 Å². The lowest BCUT2D eigenvalue weighted by atomic mass is 9.83. The second-order valence-electron chi connectivity index (χ2n) is 4.26. The molecule has 2 N–H and O–H groups in total. The van der Waals surface area contributed by atoms with E-state index in [1.807, 2.05) is 30.3 Å². The Morgan fingerprint density at radius 1 is 0.895 bits per heavy atom. The number of hydrogen-bond donors (Lipinski definition) is 2. The normalized spacial score (nSPS) is 21.9. The molecule has 0 bridgehead atoms. The quantitative estimate of drug-likeness (QED) is 0.789. The molecule has 0 spiro atoms. The molecule has 1 atom stereocenters. The van der Waals surface area contributed by atoms with E-state index >= 15 is 0 Å². The maximum absolute atomic E-state index is 12.3. The molecule has 0 radical (unpaired) electrons. The van der Waals surface area contributed by atoms with Crippen LogP contribution >= 0.6 is 0 Å². The molecule has 1 aromatic heterocycles. The Labute approximate surface area is 109 Å². The van der Waals surface area contributed by atoms with Crippen molar-refractivity contribution >= 4 is 11.9 Å². The van der Waals surface area contributed by atoms with Crippen molar-refractivity contribution in [3.63, 3.8) is 0 Å². The number of benzene rings is 1. The van der Waals surface area contributed by atoms with Crippen LogP contribution in [0.5, 0.6) is 0 Å². The third kappa shape index (κ3) is 1.67. The average molecular weight is 253 g/mol. The third-order valence-electron chi connectivity index (χ3n) is 3.19. The second-order valence-corrected chi connectivity index (χ2v) is 4.26. The van der Waals surface area contributed by atoms with Crippen molar-refractivity contribution < 1.29 is 9.59 Å². The number of hydrogen-bond acceptors (Lipinski definition) is 3. The summed E-state index contributed by atoms with van der Waals surface area (Å²) in [5.41, 5.74) is 0.211. The highest BCUT2D eigenvalue weighted by Gasteiger charge is 2.49. The smallest absolute Gasteiger partial charge is 0.316 e. The summed E-state index contributed by atoms with van der Waals surface area (Å²) in [7, 11) is 0. The minimum Gasteiger partial charge on any atom is -0.316 e. The Hall–Kier alpha value is -2.69. The Balaban J connectivity index is 2.23. The van der Waals surface area contributed by atoms with E-state index in [2.05, 4.69) is 15.6 Å². The SMILES string of the molecule is O=C1NC(=O)C(c2ccccc2)(c2ccncc2)N1. The Bertz CT molecular complexity index is 586. The van der Waals surface area contributed by atoms with Crippen molar-refractivity contribution in [2.75, 3.05) is 0 Å². The van der Waals surface area contributed by atoms with E-state index in [0.717, 1.165) is 0 Å². The lowest BCUT2D eigenvalue weighted by Gasteiger charge is -2.26. The summed E-state index contributed by atoms with van der Waals surface area (Å²) >= 11 is 0. The van der Waals surface area contributed by atoms with Gasteiger partial charge in [-0.25, -0.2) is 4.79 Å². The minimum atomic E-state index is -1.18. The van der Waals surface area contributed by atoms with Gasteiger partial charge in [-0.05, 0) is 23.3 Å². The number of nitrogens with zero attached hydrogens (tertiary/aromatic N) is 1. The Kier molecular flexibility index (Phi) is 2.52. The number of imide groups is 1. The first-order valence-corrected chi connectivity index (χ1v) is 5.83. The summed E-state index contributed by atoms with van der Waals surface area (Å²) in [5, 5.41) is 5.02. The van der Waals surface area contributed by atoms with Gasteiger partial charge in [0.15, 0.2) is 5.54 Å². The van der Waals surface area contributed by atoms with Gasteiger partial charge in [-0.1, -0.05) is 30.3 Å². The van der Waals surface area contributed by atoms with E-state index < -0.39 is 11.6 Å². The van der Waals surface area contributed by atoms with Gasteiger partial charge in [-0.3, -0.25) is 15.1 Å². The lowest BCUT2D eigenvalue weighted by Crippen LogP contribution is -2.44. The number of carbonyl (C=O) groups is 2. The molecule has 1 aromatic carbocycles. The number of rotatable bonds is 2. The highest BCUT2D eigenvalue weighted by atomic mass is 16.2. The van der Waals surface area contributed by atoms with Crippen LogP contribution in [0.15, 0.2) is 54.9 Å².